The summed E-state index contributed by atoms with van der Waals surface area (Å²) in [5.74, 6) is 2.39. The zero-order chi connectivity index (χ0) is 23.5. The van der Waals surface area contributed by atoms with Crippen LogP contribution in [-0.4, -0.2) is 63.0 Å². The van der Waals surface area contributed by atoms with Crippen LogP contribution < -0.4 is 4.74 Å². The number of hydrogen-bond acceptors (Lipinski definition) is 9. The molecule has 0 unspecified atom stereocenters. The number of hydrogen-bond donors (Lipinski definition) is 0. The summed E-state index contributed by atoms with van der Waals surface area (Å²) in [4.78, 5) is 9.44. The largest absolute Gasteiger partial charge is 0.497 e. The maximum Gasteiger partial charge on any atom is 0.288 e. The standard InChI is InChI=1S/C23H23ClN6O3S/c1-31-17-8-6-16(7-9-17)21-25-20(33-27-21)14-28-10-12-29(13-11-28)15-30-23(34)32-22(26-30)18-4-2-3-5-19(18)24/h2-9H,10-15H2,1H3. The lowest BCUT2D eigenvalue weighted by molar-refractivity contribution is 0.0902. The molecule has 0 saturated carbocycles. The number of halogens is 1. The van der Waals surface area contributed by atoms with Crippen molar-refractivity contribution >= 4 is 23.8 Å². The topological polar surface area (TPSA) is 85.6 Å². The third-order valence-corrected chi connectivity index (χ3v) is 6.31. The van der Waals surface area contributed by atoms with E-state index in [2.05, 4.69) is 25.0 Å². The molecule has 1 aliphatic rings. The lowest BCUT2D eigenvalue weighted by atomic mass is 10.2. The van der Waals surface area contributed by atoms with Crippen molar-refractivity contribution in [2.45, 2.75) is 13.2 Å². The number of aromatic nitrogens is 4. The van der Waals surface area contributed by atoms with Crippen LogP contribution in [0.1, 0.15) is 5.89 Å². The van der Waals surface area contributed by atoms with Crippen molar-refractivity contribution in [1.82, 2.24) is 29.7 Å². The molecule has 0 aliphatic carbocycles. The second-order valence-electron chi connectivity index (χ2n) is 7.93. The predicted molar refractivity (Wildman–Crippen MR) is 129 cm³/mol. The monoisotopic (exact) mass is 498 g/mol. The van der Waals surface area contributed by atoms with Crippen LogP contribution >= 0.6 is 23.8 Å². The molecular formula is C23H23ClN6O3S. The summed E-state index contributed by atoms with van der Waals surface area (Å²) in [6.07, 6.45) is 0. The van der Waals surface area contributed by atoms with Crippen molar-refractivity contribution in [3.63, 3.8) is 0 Å². The highest BCUT2D eigenvalue weighted by Crippen LogP contribution is 2.26. The van der Waals surface area contributed by atoms with Gasteiger partial charge in [0.1, 0.15) is 5.75 Å². The van der Waals surface area contributed by atoms with Crippen LogP contribution in [0.4, 0.5) is 0 Å². The van der Waals surface area contributed by atoms with Gasteiger partial charge in [-0.05, 0) is 48.6 Å². The second-order valence-corrected chi connectivity index (χ2v) is 8.68. The minimum Gasteiger partial charge on any atom is -0.497 e. The number of nitrogens with zero attached hydrogens (tertiary/aromatic N) is 6. The predicted octanol–water partition coefficient (Wildman–Crippen LogP) is 4.36. The first-order valence-electron chi connectivity index (χ1n) is 10.8. The summed E-state index contributed by atoms with van der Waals surface area (Å²) in [5.41, 5.74) is 1.62. The molecule has 11 heteroatoms. The highest BCUT2D eigenvalue weighted by molar-refractivity contribution is 7.71. The van der Waals surface area contributed by atoms with Crippen molar-refractivity contribution in [3.05, 3.63) is 64.3 Å². The van der Waals surface area contributed by atoms with Gasteiger partial charge in [0.25, 0.3) is 4.84 Å². The summed E-state index contributed by atoms with van der Waals surface area (Å²) in [6, 6.07) is 15.0. The molecule has 34 heavy (non-hydrogen) atoms. The van der Waals surface area contributed by atoms with E-state index in [-0.39, 0.29) is 0 Å². The van der Waals surface area contributed by atoms with Gasteiger partial charge in [-0.2, -0.15) is 4.98 Å². The van der Waals surface area contributed by atoms with Gasteiger partial charge in [0.2, 0.25) is 17.6 Å². The van der Waals surface area contributed by atoms with Crippen molar-refractivity contribution in [3.8, 4) is 28.6 Å². The molecule has 1 fully saturated rings. The van der Waals surface area contributed by atoms with E-state index in [0.29, 0.717) is 40.7 Å². The smallest absolute Gasteiger partial charge is 0.288 e. The van der Waals surface area contributed by atoms with Crippen LogP contribution in [0.5, 0.6) is 5.75 Å². The molecule has 2 aromatic heterocycles. The van der Waals surface area contributed by atoms with E-state index in [4.69, 9.17) is 37.5 Å². The maximum absolute atomic E-state index is 6.26. The normalized spacial score (nSPS) is 15.0. The first kappa shape index (κ1) is 22.7. The molecule has 4 aromatic rings. The Hall–Kier alpha value is -3.05. The Balaban J connectivity index is 1.16. The van der Waals surface area contributed by atoms with E-state index in [1.54, 1.807) is 17.9 Å². The first-order valence-corrected chi connectivity index (χ1v) is 11.6. The van der Waals surface area contributed by atoms with Crippen LogP contribution in [0.2, 0.25) is 5.02 Å². The van der Waals surface area contributed by atoms with Crippen LogP contribution in [0.3, 0.4) is 0 Å². The van der Waals surface area contributed by atoms with Crippen molar-refractivity contribution < 1.29 is 13.7 Å². The number of ether oxygens (including phenoxy) is 1. The molecule has 3 heterocycles. The van der Waals surface area contributed by atoms with Crippen LogP contribution in [0.15, 0.2) is 57.5 Å². The van der Waals surface area contributed by atoms with Gasteiger partial charge >= 0.3 is 0 Å². The van der Waals surface area contributed by atoms with E-state index < -0.39 is 0 Å². The molecule has 176 valence electrons. The van der Waals surface area contributed by atoms with Gasteiger partial charge in [-0.15, -0.1) is 5.10 Å². The minimum absolute atomic E-state index is 0.328. The fourth-order valence-corrected chi connectivity index (χ4v) is 4.18. The van der Waals surface area contributed by atoms with Gasteiger partial charge < -0.3 is 13.7 Å². The Morgan fingerprint density at radius 2 is 1.76 bits per heavy atom. The maximum atomic E-state index is 6.26. The van der Waals surface area contributed by atoms with Crippen molar-refractivity contribution in [1.29, 1.82) is 0 Å². The molecule has 5 rings (SSSR count). The third kappa shape index (κ3) is 5.05. The number of rotatable bonds is 7. The minimum atomic E-state index is 0.328. The lowest BCUT2D eigenvalue weighted by Gasteiger charge is -2.33. The van der Waals surface area contributed by atoms with E-state index >= 15 is 0 Å². The average molecular weight is 499 g/mol. The highest BCUT2D eigenvalue weighted by atomic mass is 35.5. The quantitative estimate of drug-likeness (QED) is 0.345. The molecule has 9 nitrogen and oxygen atoms in total. The van der Waals surface area contributed by atoms with Gasteiger partial charge in [0, 0.05) is 31.7 Å². The molecule has 2 aromatic carbocycles. The van der Waals surface area contributed by atoms with Gasteiger partial charge in [0.05, 0.1) is 30.9 Å². The first-order chi connectivity index (χ1) is 16.6. The molecule has 0 bridgehead atoms. The Labute approximate surface area is 206 Å². The fraction of sp³-hybridized carbons (Fsp3) is 0.304. The summed E-state index contributed by atoms with van der Waals surface area (Å²) in [7, 11) is 1.64. The number of piperazine rings is 1. The van der Waals surface area contributed by atoms with Gasteiger partial charge in [-0.1, -0.05) is 28.9 Å². The van der Waals surface area contributed by atoms with Crippen molar-refractivity contribution in [2.24, 2.45) is 0 Å². The van der Waals surface area contributed by atoms with Gasteiger partial charge in [0.15, 0.2) is 0 Å². The molecule has 1 aliphatic heterocycles. The Morgan fingerprint density at radius 3 is 2.50 bits per heavy atom. The van der Waals surface area contributed by atoms with Gasteiger partial charge in [-0.3, -0.25) is 9.80 Å². The highest BCUT2D eigenvalue weighted by Gasteiger charge is 2.21. The molecule has 0 amide bonds. The molecule has 0 spiro atoms. The van der Waals surface area contributed by atoms with Crippen molar-refractivity contribution in [2.75, 3.05) is 33.3 Å². The zero-order valence-corrected chi connectivity index (χ0v) is 20.1. The van der Waals surface area contributed by atoms with E-state index in [1.807, 2.05) is 42.5 Å². The lowest BCUT2D eigenvalue weighted by Crippen LogP contribution is -2.46. The van der Waals surface area contributed by atoms with E-state index in [0.717, 1.165) is 43.1 Å². The molecule has 0 atom stereocenters. The van der Waals surface area contributed by atoms with Crippen LogP contribution in [-0.2, 0) is 13.2 Å². The molecular weight excluding hydrogens is 476 g/mol. The average Bonchev–Trinajstić information content (AvgIpc) is 3.47. The Morgan fingerprint density at radius 1 is 1.03 bits per heavy atom. The number of methoxy groups -OCH3 is 1. The van der Waals surface area contributed by atoms with Crippen LogP contribution in [0.25, 0.3) is 22.8 Å². The summed E-state index contributed by atoms with van der Waals surface area (Å²) >= 11 is 11.6. The van der Waals surface area contributed by atoms with Crippen LogP contribution in [0, 0.1) is 4.84 Å². The molecule has 0 N–H and O–H groups in total. The molecule has 0 radical (unpaired) electrons. The Kier molecular flexibility index (Phi) is 6.73. The van der Waals surface area contributed by atoms with E-state index in [9.17, 15) is 0 Å². The molecule has 1 saturated heterocycles. The second kappa shape index (κ2) is 10.1. The Bertz CT molecular complexity index is 1310. The summed E-state index contributed by atoms with van der Waals surface area (Å²) < 4.78 is 18.0. The summed E-state index contributed by atoms with van der Waals surface area (Å²) in [5, 5.41) is 9.22. The summed E-state index contributed by atoms with van der Waals surface area (Å²) in [6.45, 7) is 4.61. The SMILES string of the molecule is COc1ccc(-c2noc(CN3CCN(Cn4nc(-c5ccccc5Cl)oc4=S)CC3)n2)cc1. The zero-order valence-electron chi connectivity index (χ0n) is 18.6. The number of benzene rings is 2. The third-order valence-electron chi connectivity index (χ3n) is 5.68. The fourth-order valence-electron chi connectivity index (χ4n) is 3.79. The van der Waals surface area contributed by atoms with Gasteiger partial charge in [-0.25, -0.2) is 4.68 Å². The van der Waals surface area contributed by atoms with E-state index in [1.165, 1.54) is 0 Å².